The molecule has 0 aliphatic rings. The van der Waals surface area contributed by atoms with Gasteiger partial charge in [0.1, 0.15) is 0 Å². The van der Waals surface area contributed by atoms with Crippen LogP contribution in [0.25, 0.3) is 0 Å². The number of carbonyl (C=O) groups is 1. The third kappa shape index (κ3) is 4.15. The van der Waals surface area contributed by atoms with Gasteiger partial charge in [0.15, 0.2) is 0 Å². The summed E-state index contributed by atoms with van der Waals surface area (Å²) in [6, 6.07) is -0.611. The SMILES string of the molecule is CC(O)C(N)CNC(=O)N(C)C. The number of carbonyl (C=O) groups excluding carboxylic acids is 1. The Morgan fingerprint density at radius 2 is 2.17 bits per heavy atom. The number of nitrogens with one attached hydrogen (secondary N) is 1. The Morgan fingerprint density at radius 3 is 2.50 bits per heavy atom. The molecule has 0 radical (unpaired) electrons. The van der Waals surface area contributed by atoms with Crippen LogP contribution in [0.15, 0.2) is 0 Å². The lowest BCUT2D eigenvalue weighted by Gasteiger charge is -2.17. The predicted molar refractivity (Wildman–Crippen MR) is 46.7 cm³/mol. The summed E-state index contributed by atoms with van der Waals surface area (Å²) in [6.45, 7) is 1.88. The van der Waals surface area contributed by atoms with Crippen molar-refractivity contribution in [3.8, 4) is 0 Å². The minimum absolute atomic E-state index is 0.203. The molecule has 0 bridgehead atoms. The van der Waals surface area contributed by atoms with Crippen LogP contribution in [0, 0.1) is 0 Å². The van der Waals surface area contributed by atoms with Crippen molar-refractivity contribution in [3.05, 3.63) is 0 Å². The van der Waals surface area contributed by atoms with Crippen molar-refractivity contribution >= 4 is 6.03 Å². The fraction of sp³-hybridized carbons (Fsp3) is 0.857. The van der Waals surface area contributed by atoms with Gasteiger partial charge in [-0.2, -0.15) is 0 Å². The molecule has 0 heterocycles. The molecule has 0 fully saturated rings. The van der Waals surface area contributed by atoms with Gasteiger partial charge in [-0.15, -0.1) is 0 Å². The molecule has 0 spiro atoms. The Balaban J connectivity index is 3.61. The number of nitrogens with two attached hydrogens (primary N) is 1. The second kappa shape index (κ2) is 4.95. The number of hydrogen-bond acceptors (Lipinski definition) is 3. The molecule has 72 valence electrons. The van der Waals surface area contributed by atoms with E-state index in [1.165, 1.54) is 4.90 Å². The molecule has 0 aliphatic heterocycles. The van der Waals surface area contributed by atoms with E-state index in [1.807, 2.05) is 0 Å². The van der Waals surface area contributed by atoms with Crippen molar-refractivity contribution in [1.82, 2.24) is 10.2 Å². The zero-order chi connectivity index (χ0) is 9.72. The summed E-state index contributed by atoms with van der Waals surface area (Å²) in [4.78, 5) is 12.4. The van der Waals surface area contributed by atoms with Gasteiger partial charge in [-0.1, -0.05) is 0 Å². The van der Waals surface area contributed by atoms with Crippen molar-refractivity contribution in [2.75, 3.05) is 20.6 Å². The molecule has 5 heteroatoms. The number of amides is 2. The van der Waals surface area contributed by atoms with Crippen molar-refractivity contribution in [3.63, 3.8) is 0 Å². The molecule has 0 saturated heterocycles. The minimum atomic E-state index is -0.604. The van der Waals surface area contributed by atoms with E-state index in [-0.39, 0.29) is 12.6 Å². The van der Waals surface area contributed by atoms with Crippen molar-refractivity contribution < 1.29 is 9.90 Å². The van der Waals surface area contributed by atoms with Crippen LogP contribution in [0.5, 0.6) is 0 Å². The van der Waals surface area contributed by atoms with Crippen LogP contribution >= 0.6 is 0 Å². The van der Waals surface area contributed by atoms with E-state index in [9.17, 15) is 4.79 Å². The Bertz CT molecular complexity index is 148. The highest BCUT2D eigenvalue weighted by molar-refractivity contribution is 5.73. The molecule has 0 aromatic heterocycles. The number of aliphatic hydroxyl groups is 1. The zero-order valence-corrected chi connectivity index (χ0v) is 7.74. The standard InChI is InChI=1S/C7H17N3O2/c1-5(11)6(8)4-9-7(12)10(2)3/h5-6,11H,4,8H2,1-3H3,(H,9,12). The van der Waals surface area contributed by atoms with Crippen LogP contribution in [0.2, 0.25) is 0 Å². The predicted octanol–water partition coefficient (Wildman–Crippen LogP) is -1.03. The van der Waals surface area contributed by atoms with Crippen LogP contribution < -0.4 is 11.1 Å². The van der Waals surface area contributed by atoms with Crippen LogP contribution in [0.3, 0.4) is 0 Å². The number of nitrogens with zero attached hydrogens (tertiary/aromatic N) is 1. The second-order valence-electron chi connectivity index (χ2n) is 2.98. The summed E-state index contributed by atoms with van der Waals surface area (Å²) in [6.07, 6.45) is -0.604. The highest BCUT2D eigenvalue weighted by Crippen LogP contribution is 1.86. The first-order chi connectivity index (χ1) is 5.45. The fourth-order valence-electron chi connectivity index (χ4n) is 0.534. The first-order valence-electron chi connectivity index (χ1n) is 3.84. The van der Waals surface area contributed by atoms with Gasteiger partial charge in [-0.3, -0.25) is 0 Å². The van der Waals surface area contributed by atoms with E-state index in [0.29, 0.717) is 0 Å². The van der Waals surface area contributed by atoms with Crippen LogP contribution in [-0.4, -0.2) is 48.8 Å². The molecule has 0 aliphatic carbocycles. The minimum Gasteiger partial charge on any atom is -0.392 e. The average molecular weight is 175 g/mol. The summed E-state index contributed by atoms with van der Waals surface area (Å²) >= 11 is 0. The molecule has 2 amide bonds. The molecule has 12 heavy (non-hydrogen) atoms. The monoisotopic (exact) mass is 175 g/mol. The Labute approximate surface area is 72.5 Å². The van der Waals surface area contributed by atoms with Gasteiger partial charge in [0.05, 0.1) is 6.10 Å². The molecule has 0 aromatic rings. The molecular formula is C7H17N3O2. The van der Waals surface area contributed by atoms with E-state index in [2.05, 4.69) is 5.32 Å². The maximum absolute atomic E-state index is 10.9. The molecule has 0 rings (SSSR count). The van der Waals surface area contributed by atoms with Gasteiger partial charge >= 0.3 is 6.03 Å². The average Bonchev–Trinajstić information content (AvgIpc) is 1.98. The summed E-state index contributed by atoms with van der Waals surface area (Å²) in [5, 5.41) is 11.5. The first-order valence-corrected chi connectivity index (χ1v) is 3.84. The lowest BCUT2D eigenvalue weighted by atomic mass is 10.2. The maximum Gasteiger partial charge on any atom is 0.316 e. The normalized spacial score (nSPS) is 15.1. The van der Waals surface area contributed by atoms with Gasteiger partial charge in [-0.25, -0.2) is 4.79 Å². The van der Waals surface area contributed by atoms with Crippen LogP contribution in [0.1, 0.15) is 6.92 Å². The third-order valence-electron chi connectivity index (χ3n) is 1.51. The van der Waals surface area contributed by atoms with Gasteiger partial charge in [0.25, 0.3) is 0 Å². The van der Waals surface area contributed by atoms with Crippen LogP contribution in [-0.2, 0) is 0 Å². The maximum atomic E-state index is 10.9. The van der Waals surface area contributed by atoms with Crippen LogP contribution in [0.4, 0.5) is 4.79 Å². The van der Waals surface area contributed by atoms with Crippen molar-refractivity contribution in [2.24, 2.45) is 5.73 Å². The quantitative estimate of drug-likeness (QED) is 0.513. The largest absolute Gasteiger partial charge is 0.392 e. The summed E-state index contributed by atoms with van der Waals surface area (Å²) in [7, 11) is 3.28. The lowest BCUT2D eigenvalue weighted by molar-refractivity contribution is 0.160. The topological polar surface area (TPSA) is 78.6 Å². The fourth-order valence-corrected chi connectivity index (χ4v) is 0.534. The summed E-state index contributed by atoms with van der Waals surface area (Å²) < 4.78 is 0. The van der Waals surface area contributed by atoms with Crippen molar-refractivity contribution in [2.45, 2.75) is 19.1 Å². The molecule has 5 nitrogen and oxygen atoms in total. The Morgan fingerprint density at radius 1 is 1.67 bits per heavy atom. The van der Waals surface area contributed by atoms with E-state index in [4.69, 9.17) is 10.8 Å². The zero-order valence-electron chi connectivity index (χ0n) is 7.74. The molecule has 0 aromatic carbocycles. The molecular weight excluding hydrogens is 158 g/mol. The van der Waals surface area contributed by atoms with Gasteiger partial charge in [-0.05, 0) is 6.92 Å². The number of urea groups is 1. The summed E-state index contributed by atoms with van der Waals surface area (Å²) in [5.41, 5.74) is 5.48. The molecule has 0 saturated carbocycles. The van der Waals surface area contributed by atoms with Gasteiger partial charge < -0.3 is 21.1 Å². The van der Waals surface area contributed by atoms with E-state index in [0.717, 1.165) is 0 Å². The number of hydrogen-bond donors (Lipinski definition) is 3. The number of aliphatic hydroxyl groups excluding tert-OH is 1. The van der Waals surface area contributed by atoms with E-state index in [1.54, 1.807) is 21.0 Å². The highest BCUT2D eigenvalue weighted by Gasteiger charge is 2.10. The molecule has 2 unspecified atom stereocenters. The Kier molecular flexibility index (Phi) is 4.61. The highest BCUT2D eigenvalue weighted by atomic mass is 16.3. The second-order valence-corrected chi connectivity index (χ2v) is 2.98. The van der Waals surface area contributed by atoms with Gasteiger partial charge in [0, 0.05) is 26.7 Å². The Hall–Kier alpha value is -0.810. The number of rotatable bonds is 3. The molecule has 2 atom stereocenters. The first kappa shape index (κ1) is 11.2. The smallest absolute Gasteiger partial charge is 0.316 e. The van der Waals surface area contributed by atoms with Crippen molar-refractivity contribution in [1.29, 1.82) is 0 Å². The van der Waals surface area contributed by atoms with E-state index >= 15 is 0 Å². The molecule has 4 N–H and O–H groups in total. The summed E-state index contributed by atoms with van der Waals surface area (Å²) in [5.74, 6) is 0. The third-order valence-corrected chi connectivity index (χ3v) is 1.51. The lowest BCUT2D eigenvalue weighted by Crippen LogP contribution is -2.46. The van der Waals surface area contributed by atoms with Gasteiger partial charge in [0.2, 0.25) is 0 Å². The van der Waals surface area contributed by atoms with E-state index < -0.39 is 12.1 Å².